The molecule has 2 aliphatic rings. The van der Waals surface area contributed by atoms with E-state index in [9.17, 15) is 32.7 Å². The molecule has 3 N–H and O–H groups in total. The molecule has 13 heteroatoms. The van der Waals surface area contributed by atoms with E-state index in [2.05, 4.69) is 15.5 Å². The Morgan fingerprint density at radius 1 is 1.21 bits per heavy atom. The number of H-pyrrole nitrogens is 1. The zero-order valence-corrected chi connectivity index (χ0v) is 25.2. The number of aromatic nitrogens is 2. The molecule has 1 saturated heterocycles. The molecule has 8 nitrogen and oxygen atoms in total. The monoisotopic (exact) mass is 634 g/mol. The van der Waals surface area contributed by atoms with Gasteiger partial charge in [-0.1, -0.05) is 44.5 Å². The number of benzene rings is 2. The van der Waals surface area contributed by atoms with E-state index < -0.39 is 46.0 Å². The fourth-order valence-electron chi connectivity index (χ4n) is 6.13. The fraction of sp³-hybridized carbons (Fsp3) is 0.400. The van der Waals surface area contributed by atoms with Crippen LogP contribution >= 0.6 is 23.4 Å². The maximum Gasteiger partial charge on any atom is 0.416 e. The second kappa shape index (κ2) is 11.2. The van der Waals surface area contributed by atoms with E-state index in [1.165, 1.54) is 12.1 Å². The first kappa shape index (κ1) is 30.9. The van der Waals surface area contributed by atoms with Crippen molar-refractivity contribution in [2.75, 3.05) is 0 Å². The summed E-state index contributed by atoms with van der Waals surface area (Å²) >= 11 is 6.61. The number of amides is 3. The van der Waals surface area contributed by atoms with Crippen molar-refractivity contribution in [1.29, 1.82) is 0 Å². The Kier molecular flexibility index (Phi) is 8.06. The molecule has 2 aromatic carbocycles. The second-order valence-corrected chi connectivity index (χ2v) is 13.4. The number of alkyl halides is 3. The van der Waals surface area contributed by atoms with Crippen LogP contribution in [0, 0.1) is 5.41 Å². The minimum absolute atomic E-state index is 0.0362. The minimum Gasteiger partial charge on any atom is -0.465 e. The number of thioether (sulfide) groups is 1. The molecule has 1 aliphatic carbocycles. The van der Waals surface area contributed by atoms with E-state index in [0.717, 1.165) is 11.0 Å². The van der Waals surface area contributed by atoms with E-state index in [1.807, 2.05) is 20.8 Å². The summed E-state index contributed by atoms with van der Waals surface area (Å²) in [7, 11) is 0. The van der Waals surface area contributed by atoms with Gasteiger partial charge in [-0.15, -0.1) is 0 Å². The van der Waals surface area contributed by atoms with Gasteiger partial charge in [0.2, 0.25) is 0 Å². The van der Waals surface area contributed by atoms with Crippen LogP contribution in [0.3, 0.4) is 0 Å². The van der Waals surface area contributed by atoms with Gasteiger partial charge < -0.3 is 10.4 Å². The van der Waals surface area contributed by atoms with Crippen LogP contribution < -0.4 is 5.32 Å². The van der Waals surface area contributed by atoms with Crippen LogP contribution in [0.25, 0.3) is 16.5 Å². The number of aromatic amines is 1. The summed E-state index contributed by atoms with van der Waals surface area (Å²) in [6.07, 6.45) is -2.79. The van der Waals surface area contributed by atoms with Crippen LogP contribution in [0.5, 0.6) is 0 Å². The Balaban J connectivity index is 1.60. The van der Waals surface area contributed by atoms with Crippen LogP contribution in [0.1, 0.15) is 63.1 Å². The number of carbonyl (C=O) groups excluding carboxylic acids is 2. The van der Waals surface area contributed by atoms with Gasteiger partial charge in [0.15, 0.2) is 0 Å². The highest BCUT2D eigenvalue weighted by Crippen LogP contribution is 2.47. The highest BCUT2D eigenvalue weighted by molar-refractivity contribution is 8.18. The number of allylic oxidation sites excluding steroid dienone is 1. The van der Waals surface area contributed by atoms with Gasteiger partial charge in [-0.05, 0) is 90.2 Å². The predicted molar refractivity (Wildman–Crippen MR) is 159 cm³/mol. The van der Waals surface area contributed by atoms with Crippen LogP contribution in [0.15, 0.2) is 47.5 Å². The van der Waals surface area contributed by atoms with E-state index >= 15 is 0 Å². The molecule has 1 aliphatic heterocycles. The van der Waals surface area contributed by atoms with Gasteiger partial charge >= 0.3 is 12.3 Å². The van der Waals surface area contributed by atoms with Crippen LogP contribution in [0.4, 0.5) is 22.8 Å². The molecule has 1 aromatic heterocycles. The predicted octanol–water partition coefficient (Wildman–Crippen LogP) is 7.88. The number of carboxylic acid groups (broad SMARTS) is 1. The third kappa shape index (κ3) is 5.99. The molecule has 3 amide bonds. The molecule has 43 heavy (non-hydrogen) atoms. The van der Waals surface area contributed by atoms with Crippen LogP contribution in [0.2, 0.25) is 5.02 Å². The van der Waals surface area contributed by atoms with Gasteiger partial charge in [-0.2, -0.15) is 18.3 Å². The first-order valence-electron chi connectivity index (χ1n) is 13.7. The summed E-state index contributed by atoms with van der Waals surface area (Å²) in [5, 5.41) is 19.2. The lowest BCUT2D eigenvalue weighted by molar-refractivity contribution is -0.138. The molecule has 0 bridgehead atoms. The van der Waals surface area contributed by atoms with Crippen molar-refractivity contribution in [3.8, 4) is 0 Å². The first-order valence-corrected chi connectivity index (χ1v) is 14.9. The van der Waals surface area contributed by atoms with E-state index in [0.29, 0.717) is 47.5 Å². The summed E-state index contributed by atoms with van der Waals surface area (Å²) in [4.78, 5) is 40.5. The van der Waals surface area contributed by atoms with Crippen molar-refractivity contribution in [1.82, 2.24) is 20.4 Å². The van der Waals surface area contributed by atoms with E-state index in [-0.39, 0.29) is 33.9 Å². The van der Waals surface area contributed by atoms with Crippen molar-refractivity contribution in [2.45, 2.75) is 70.6 Å². The van der Waals surface area contributed by atoms with E-state index in [4.69, 9.17) is 11.6 Å². The Hall–Kier alpha value is -3.51. The molecule has 5 rings (SSSR count). The number of hydrogen-bond acceptors (Lipinski definition) is 5. The molecular weight excluding hydrogens is 605 g/mol. The topological polar surface area (TPSA) is 115 Å². The second-order valence-electron chi connectivity index (χ2n) is 12.0. The van der Waals surface area contributed by atoms with Gasteiger partial charge in [0.05, 0.1) is 27.7 Å². The average molecular weight is 635 g/mol. The fourth-order valence-corrected chi connectivity index (χ4v) is 7.31. The normalized spacial score (nSPS) is 22.8. The molecule has 228 valence electrons. The van der Waals surface area contributed by atoms with Gasteiger partial charge in [0.1, 0.15) is 0 Å². The summed E-state index contributed by atoms with van der Waals surface area (Å²) in [5.74, 6) is -0.607. The zero-order chi connectivity index (χ0) is 31.3. The lowest BCUT2D eigenvalue weighted by atomic mass is 9.64. The number of carbonyl (C=O) groups is 3. The third-order valence-electron chi connectivity index (χ3n) is 8.48. The van der Waals surface area contributed by atoms with Crippen molar-refractivity contribution in [3.63, 3.8) is 0 Å². The molecule has 2 unspecified atom stereocenters. The summed E-state index contributed by atoms with van der Waals surface area (Å²) in [5.41, 5.74) is -0.991. The Bertz CT molecular complexity index is 1650. The Morgan fingerprint density at radius 2 is 1.95 bits per heavy atom. The Morgan fingerprint density at radius 3 is 2.63 bits per heavy atom. The maximum absolute atomic E-state index is 14.1. The van der Waals surface area contributed by atoms with Gasteiger partial charge in [-0.25, -0.2) is 4.79 Å². The Labute approximate surface area is 255 Å². The number of imide groups is 1. The van der Waals surface area contributed by atoms with Crippen molar-refractivity contribution < 1.29 is 32.7 Å². The van der Waals surface area contributed by atoms with Crippen molar-refractivity contribution in [3.05, 3.63) is 69.2 Å². The minimum atomic E-state index is -4.70. The van der Waals surface area contributed by atoms with Crippen molar-refractivity contribution in [2.24, 2.45) is 5.41 Å². The maximum atomic E-state index is 14.1. The van der Waals surface area contributed by atoms with Crippen LogP contribution in [-0.4, -0.2) is 49.0 Å². The quantitative estimate of drug-likeness (QED) is 0.246. The molecule has 2 heterocycles. The molecule has 0 radical (unpaired) electrons. The highest BCUT2D eigenvalue weighted by Gasteiger charge is 2.51. The average Bonchev–Trinajstić information content (AvgIpc) is 3.49. The van der Waals surface area contributed by atoms with Crippen molar-refractivity contribution >= 4 is 57.1 Å². The molecule has 2 atom stereocenters. The molecule has 1 saturated carbocycles. The summed E-state index contributed by atoms with van der Waals surface area (Å²) in [6, 6.07) is 8.00. The number of nitrogens with zero attached hydrogens (tertiary/aromatic N) is 2. The lowest BCUT2D eigenvalue weighted by Gasteiger charge is -2.50. The van der Waals surface area contributed by atoms with Gasteiger partial charge in [-0.3, -0.25) is 19.6 Å². The van der Waals surface area contributed by atoms with Gasteiger partial charge in [0.25, 0.3) is 11.1 Å². The third-order valence-corrected chi connectivity index (χ3v) is 9.71. The largest absolute Gasteiger partial charge is 0.465 e. The highest BCUT2D eigenvalue weighted by atomic mass is 35.5. The number of fused-ring (bicyclic) bond motifs is 1. The molecular formula is C30H30ClF3N4O4S. The lowest BCUT2D eigenvalue weighted by Crippen LogP contribution is -2.62. The van der Waals surface area contributed by atoms with E-state index in [1.54, 1.807) is 24.4 Å². The SMILES string of the molecule is CC(C)(C)C1(NC(=O)O)CCCC(N2C(=O)SC(=C(Cc3ccc(Cl)cc3C(F)(F)F)c3ccc4[nH]ncc4c3)C2=O)C1. The molecule has 0 spiro atoms. The number of nitrogens with one attached hydrogen (secondary N) is 2. The van der Waals surface area contributed by atoms with Gasteiger partial charge in [0, 0.05) is 16.5 Å². The standard InChI is InChI=1S/C30H30ClF3N4O4S/c1-28(2,3)29(36-26(40)41)10-4-5-20(14-29)38-25(39)24(43-27(38)42)21(16-7-9-23-18(11-16)15-35-37-23)12-17-6-8-19(31)13-22(17)30(32,33)34/h6-9,11,13,15,20,36H,4-5,10,12,14H2,1-3H3,(H,35,37)(H,40,41). The molecule has 2 fully saturated rings. The smallest absolute Gasteiger partial charge is 0.416 e. The number of hydrogen-bond donors (Lipinski definition) is 3. The zero-order valence-electron chi connectivity index (χ0n) is 23.6. The van der Waals surface area contributed by atoms with Crippen LogP contribution in [-0.2, 0) is 17.4 Å². The number of rotatable bonds is 5. The number of halogens is 4. The first-order chi connectivity index (χ1) is 20.1. The summed E-state index contributed by atoms with van der Waals surface area (Å²) in [6.45, 7) is 5.73. The molecule has 3 aromatic rings. The summed E-state index contributed by atoms with van der Waals surface area (Å²) < 4.78 is 42.2.